The van der Waals surface area contributed by atoms with Crippen LogP contribution in [0.15, 0.2) is 41.1 Å². The third-order valence-electron chi connectivity index (χ3n) is 4.16. The summed E-state index contributed by atoms with van der Waals surface area (Å²) in [4.78, 5) is 14.4. The Morgan fingerprint density at radius 1 is 1.33 bits per heavy atom. The number of rotatable bonds is 4. The zero-order valence-electron chi connectivity index (χ0n) is 13.3. The van der Waals surface area contributed by atoms with Gasteiger partial charge in [0.1, 0.15) is 12.4 Å². The van der Waals surface area contributed by atoms with E-state index >= 15 is 0 Å². The molecule has 4 rings (SSSR count). The molecule has 1 aromatic carbocycles. The number of nitrogens with one attached hydrogen (secondary N) is 1. The SMILES string of the molecule is Cc1cccc2c1-c1sc(C(=O)NCCc3ccsc3)cc1CO2. The van der Waals surface area contributed by atoms with Crippen LogP contribution in [0.5, 0.6) is 5.75 Å². The monoisotopic (exact) mass is 355 g/mol. The highest BCUT2D eigenvalue weighted by molar-refractivity contribution is 7.17. The molecule has 3 heterocycles. The highest BCUT2D eigenvalue weighted by Crippen LogP contribution is 2.44. The fourth-order valence-corrected chi connectivity index (χ4v) is 4.81. The van der Waals surface area contributed by atoms with Crippen LogP contribution in [0.3, 0.4) is 0 Å². The number of hydrogen-bond acceptors (Lipinski definition) is 4. The summed E-state index contributed by atoms with van der Waals surface area (Å²) < 4.78 is 5.83. The van der Waals surface area contributed by atoms with E-state index in [2.05, 4.69) is 35.1 Å². The van der Waals surface area contributed by atoms with Gasteiger partial charge in [-0.2, -0.15) is 11.3 Å². The molecule has 3 nitrogen and oxygen atoms in total. The molecule has 0 saturated heterocycles. The van der Waals surface area contributed by atoms with Gasteiger partial charge in [-0.05, 0) is 53.4 Å². The quantitative estimate of drug-likeness (QED) is 0.740. The molecule has 1 aliphatic rings. The van der Waals surface area contributed by atoms with Gasteiger partial charge in [-0.25, -0.2) is 0 Å². The topological polar surface area (TPSA) is 38.3 Å². The maximum Gasteiger partial charge on any atom is 0.261 e. The largest absolute Gasteiger partial charge is 0.488 e. The van der Waals surface area contributed by atoms with Crippen LogP contribution in [0.1, 0.15) is 26.4 Å². The molecule has 2 aromatic heterocycles. The van der Waals surface area contributed by atoms with E-state index in [4.69, 9.17) is 4.74 Å². The van der Waals surface area contributed by atoms with E-state index in [-0.39, 0.29) is 5.91 Å². The van der Waals surface area contributed by atoms with Gasteiger partial charge in [-0.15, -0.1) is 11.3 Å². The van der Waals surface area contributed by atoms with Crippen molar-refractivity contribution in [2.75, 3.05) is 6.54 Å². The summed E-state index contributed by atoms with van der Waals surface area (Å²) in [6.07, 6.45) is 0.866. The summed E-state index contributed by atoms with van der Waals surface area (Å²) in [6.45, 7) is 3.27. The van der Waals surface area contributed by atoms with Crippen LogP contribution < -0.4 is 10.1 Å². The van der Waals surface area contributed by atoms with Gasteiger partial charge in [-0.3, -0.25) is 4.79 Å². The standard InChI is InChI=1S/C19H17NO2S2/c1-12-3-2-4-15-17(12)18-14(10-22-15)9-16(24-18)19(21)20-7-5-13-6-8-23-11-13/h2-4,6,8-9,11H,5,7,10H2,1H3,(H,20,21). The van der Waals surface area contributed by atoms with Crippen molar-refractivity contribution in [3.05, 3.63) is 62.7 Å². The molecule has 0 bridgehead atoms. The van der Waals surface area contributed by atoms with Crippen molar-refractivity contribution in [1.82, 2.24) is 5.32 Å². The average molecular weight is 355 g/mol. The maximum absolute atomic E-state index is 12.4. The molecule has 0 aliphatic carbocycles. The molecule has 122 valence electrons. The second-order valence-corrected chi connectivity index (χ2v) is 7.67. The molecular formula is C19H17NO2S2. The molecule has 3 aromatic rings. The lowest BCUT2D eigenvalue weighted by Crippen LogP contribution is -2.24. The molecule has 0 atom stereocenters. The van der Waals surface area contributed by atoms with Crippen molar-refractivity contribution in [3.8, 4) is 16.2 Å². The third kappa shape index (κ3) is 2.85. The number of aryl methyl sites for hydroxylation is 1. The van der Waals surface area contributed by atoms with Crippen molar-refractivity contribution in [2.45, 2.75) is 20.0 Å². The smallest absolute Gasteiger partial charge is 0.261 e. The van der Waals surface area contributed by atoms with Crippen LogP contribution >= 0.6 is 22.7 Å². The molecule has 1 amide bonds. The Kier molecular flexibility index (Phi) is 4.12. The van der Waals surface area contributed by atoms with Crippen molar-refractivity contribution in [2.24, 2.45) is 0 Å². The Morgan fingerprint density at radius 3 is 3.08 bits per heavy atom. The lowest BCUT2D eigenvalue weighted by Gasteiger charge is -2.19. The second-order valence-electron chi connectivity index (χ2n) is 5.84. The zero-order chi connectivity index (χ0) is 16.5. The van der Waals surface area contributed by atoms with E-state index in [9.17, 15) is 4.79 Å². The van der Waals surface area contributed by atoms with E-state index < -0.39 is 0 Å². The molecule has 0 spiro atoms. The molecule has 0 fully saturated rings. The van der Waals surface area contributed by atoms with Gasteiger partial charge in [0.05, 0.1) is 4.88 Å². The van der Waals surface area contributed by atoms with Gasteiger partial charge in [0.15, 0.2) is 0 Å². The third-order valence-corrected chi connectivity index (χ3v) is 6.08. The molecule has 0 unspecified atom stereocenters. The molecule has 1 aliphatic heterocycles. The van der Waals surface area contributed by atoms with Gasteiger partial charge in [0.25, 0.3) is 5.91 Å². The van der Waals surface area contributed by atoms with E-state index in [0.29, 0.717) is 13.2 Å². The molecule has 0 radical (unpaired) electrons. The molecule has 5 heteroatoms. The first-order valence-corrected chi connectivity index (χ1v) is 9.63. The predicted octanol–water partition coefficient (Wildman–Crippen LogP) is 4.65. The van der Waals surface area contributed by atoms with Gasteiger partial charge >= 0.3 is 0 Å². The Hall–Kier alpha value is -2.11. The van der Waals surface area contributed by atoms with Crippen LogP contribution in [0.2, 0.25) is 0 Å². The lowest BCUT2D eigenvalue weighted by molar-refractivity contribution is 0.0958. The number of carbonyl (C=O) groups is 1. The Bertz CT molecular complexity index is 881. The number of benzene rings is 1. The predicted molar refractivity (Wildman–Crippen MR) is 99.2 cm³/mol. The van der Waals surface area contributed by atoms with Gasteiger partial charge in [-0.1, -0.05) is 12.1 Å². The number of hydrogen-bond donors (Lipinski definition) is 1. The van der Waals surface area contributed by atoms with Crippen molar-refractivity contribution in [3.63, 3.8) is 0 Å². The normalized spacial score (nSPS) is 12.2. The van der Waals surface area contributed by atoms with Crippen LogP contribution in [0.25, 0.3) is 10.4 Å². The maximum atomic E-state index is 12.4. The van der Waals surface area contributed by atoms with Crippen LogP contribution in [-0.4, -0.2) is 12.5 Å². The first-order chi connectivity index (χ1) is 11.7. The van der Waals surface area contributed by atoms with Crippen molar-refractivity contribution in [1.29, 1.82) is 0 Å². The molecule has 1 N–H and O–H groups in total. The molecule has 0 saturated carbocycles. The minimum atomic E-state index is -0.000219. The van der Waals surface area contributed by atoms with Crippen molar-refractivity contribution >= 4 is 28.6 Å². The van der Waals surface area contributed by atoms with Gasteiger partial charge < -0.3 is 10.1 Å². The first-order valence-electron chi connectivity index (χ1n) is 7.87. The summed E-state index contributed by atoms with van der Waals surface area (Å²) in [5.41, 5.74) is 4.68. The Morgan fingerprint density at radius 2 is 2.25 bits per heavy atom. The highest BCUT2D eigenvalue weighted by atomic mass is 32.1. The number of carbonyl (C=O) groups excluding carboxylic acids is 1. The Balaban J connectivity index is 1.52. The summed E-state index contributed by atoms with van der Waals surface area (Å²) in [7, 11) is 0. The Labute approximate surface area is 148 Å². The number of ether oxygens (including phenoxy) is 1. The number of fused-ring (bicyclic) bond motifs is 3. The lowest BCUT2D eigenvalue weighted by atomic mass is 10.0. The van der Waals surface area contributed by atoms with E-state index in [1.165, 1.54) is 11.1 Å². The van der Waals surface area contributed by atoms with Crippen LogP contribution in [-0.2, 0) is 13.0 Å². The minimum absolute atomic E-state index is 0.000219. The molecule has 24 heavy (non-hydrogen) atoms. The van der Waals surface area contributed by atoms with E-state index in [0.717, 1.165) is 33.1 Å². The van der Waals surface area contributed by atoms with Crippen LogP contribution in [0, 0.1) is 6.92 Å². The summed E-state index contributed by atoms with van der Waals surface area (Å²) in [6, 6.07) is 10.1. The summed E-state index contributed by atoms with van der Waals surface area (Å²) >= 11 is 3.24. The number of thiophene rings is 2. The van der Waals surface area contributed by atoms with Crippen molar-refractivity contribution < 1.29 is 9.53 Å². The summed E-state index contributed by atoms with van der Waals surface area (Å²) in [5, 5.41) is 7.20. The zero-order valence-corrected chi connectivity index (χ0v) is 14.9. The fourth-order valence-electron chi connectivity index (χ4n) is 2.91. The van der Waals surface area contributed by atoms with Gasteiger partial charge in [0, 0.05) is 22.5 Å². The molecular weight excluding hydrogens is 338 g/mol. The van der Waals surface area contributed by atoms with E-state index in [1.807, 2.05) is 18.2 Å². The first kappa shape index (κ1) is 15.4. The second kappa shape index (κ2) is 6.42. The average Bonchev–Trinajstić information content (AvgIpc) is 3.23. The van der Waals surface area contributed by atoms with Gasteiger partial charge in [0.2, 0.25) is 0 Å². The fraction of sp³-hybridized carbons (Fsp3) is 0.211. The highest BCUT2D eigenvalue weighted by Gasteiger charge is 2.23. The number of amides is 1. The van der Waals surface area contributed by atoms with Crippen LogP contribution in [0.4, 0.5) is 0 Å². The van der Waals surface area contributed by atoms with E-state index in [1.54, 1.807) is 22.7 Å². The minimum Gasteiger partial charge on any atom is -0.488 e. The summed E-state index contributed by atoms with van der Waals surface area (Å²) in [5.74, 6) is 0.911.